The summed E-state index contributed by atoms with van der Waals surface area (Å²) in [7, 11) is 1.30. The molecule has 0 aliphatic heterocycles. The lowest BCUT2D eigenvalue weighted by Gasteiger charge is -2.21. The highest BCUT2D eigenvalue weighted by Crippen LogP contribution is 2.08. The third kappa shape index (κ3) is 2.05. The number of hydrogen-bond donors (Lipinski definition) is 0. The lowest BCUT2D eigenvalue weighted by atomic mass is 10.3. The van der Waals surface area contributed by atoms with E-state index in [0.29, 0.717) is 11.0 Å². The molecule has 0 atom stereocenters. The van der Waals surface area contributed by atoms with Crippen LogP contribution in [0, 0.1) is 5.21 Å². The maximum Gasteiger partial charge on any atom is 0.146 e. The Labute approximate surface area is 59.4 Å². The summed E-state index contributed by atoms with van der Waals surface area (Å²) in [5, 5.41) is 10.7. The smallest absolute Gasteiger partial charge is 0.146 e. The van der Waals surface area contributed by atoms with E-state index in [1.807, 2.05) is 6.07 Å². The quantitative estimate of drug-likeness (QED) is 0.579. The monoisotopic (exact) mass is 138 g/mol. The Kier molecular flexibility index (Phi) is 2.25. The van der Waals surface area contributed by atoms with E-state index < -0.39 is 0 Å². The molecule has 0 amide bonds. The van der Waals surface area contributed by atoms with E-state index in [1.165, 1.54) is 7.05 Å². The van der Waals surface area contributed by atoms with Crippen LogP contribution in [0.4, 0.5) is 0 Å². The van der Waals surface area contributed by atoms with Gasteiger partial charge in [-0.1, -0.05) is 18.2 Å². The second kappa shape index (κ2) is 3.20. The highest BCUT2D eigenvalue weighted by atomic mass is 16.9. The summed E-state index contributed by atoms with van der Waals surface area (Å²) in [4.78, 5) is 4.69. The van der Waals surface area contributed by atoms with Crippen LogP contribution in [-0.4, -0.2) is 12.3 Å². The SMILES string of the molecule is CN([O-])Oc1ccccc1. The Morgan fingerprint density at radius 1 is 1.30 bits per heavy atom. The molecule has 0 aromatic heterocycles. The summed E-state index contributed by atoms with van der Waals surface area (Å²) in [5.41, 5.74) is 0. The first-order chi connectivity index (χ1) is 4.79. The molecule has 3 heteroatoms. The van der Waals surface area contributed by atoms with Gasteiger partial charge < -0.3 is 10.0 Å². The van der Waals surface area contributed by atoms with Crippen LogP contribution in [-0.2, 0) is 0 Å². The third-order valence-corrected chi connectivity index (χ3v) is 0.977. The normalized spacial score (nSPS) is 9.90. The molecule has 0 aliphatic rings. The van der Waals surface area contributed by atoms with Gasteiger partial charge in [0.2, 0.25) is 0 Å². The largest absolute Gasteiger partial charge is 0.753 e. The molecule has 0 fully saturated rings. The van der Waals surface area contributed by atoms with Gasteiger partial charge in [0.15, 0.2) is 0 Å². The van der Waals surface area contributed by atoms with Crippen LogP contribution in [0.2, 0.25) is 0 Å². The van der Waals surface area contributed by atoms with Gasteiger partial charge in [0, 0.05) is 7.05 Å². The van der Waals surface area contributed by atoms with Gasteiger partial charge in [-0.25, -0.2) is 5.23 Å². The van der Waals surface area contributed by atoms with Crippen LogP contribution in [0.15, 0.2) is 30.3 Å². The predicted octanol–water partition coefficient (Wildman–Crippen LogP) is 1.41. The Balaban J connectivity index is 2.59. The average molecular weight is 138 g/mol. The van der Waals surface area contributed by atoms with Crippen LogP contribution in [0.3, 0.4) is 0 Å². The first-order valence-electron chi connectivity index (χ1n) is 2.93. The molecule has 1 aromatic rings. The first-order valence-corrected chi connectivity index (χ1v) is 2.93. The zero-order chi connectivity index (χ0) is 7.40. The fourth-order valence-corrected chi connectivity index (χ4v) is 0.630. The first kappa shape index (κ1) is 7.05. The maximum atomic E-state index is 10.3. The molecule has 0 saturated carbocycles. The molecule has 1 aromatic carbocycles. The Morgan fingerprint density at radius 3 is 2.40 bits per heavy atom. The number of benzene rings is 1. The third-order valence-electron chi connectivity index (χ3n) is 0.977. The summed E-state index contributed by atoms with van der Waals surface area (Å²) in [6, 6.07) is 8.90. The lowest BCUT2D eigenvalue weighted by molar-refractivity contribution is 0.0218. The molecule has 0 radical (unpaired) electrons. The fourth-order valence-electron chi connectivity index (χ4n) is 0.630. The highest BCUT2D eigenvalue weighted by Gasteiger charge is 1.86. The zero-order valence-electron chi connectivity index (χ0n) is 5.65. The molecule has 0 saturated heterocycles. The minimum Gasteiger partial charge on any atom is -0.753 e. The predicted molar refractivity (Wildman–Crippen MR) is 38.2 cm³/mol. The van der Waals surface area contributed by atoms with E-state index in [2.05, 4.69) is 0 Å². The molecule has 0 aliphatic carbocycles. The van der Waals surface area contributed by atoms with Gasteiger partial charge in [-0.15, -0.1) is 0 Å². The molecule has 54 valence electrons. The fraction of sp³-hybridized carbons (Fsp3) is 0.143. The van der Waals surface area contributed by atoms with Crippen molar-refractivity contribution in [1.29, 1.82) is 0 Å². The van der Waals surface area contributed by atoms with Crippen molar-refractivity contribution in [3.63, 3.8) is 0 Å². The van der Waals surface area contributed by atoms with Crippen molar-refractivity contribution in [1.82, 2.24) is 5.23 Å². The summed E-state index contributed by atoms with van der Waals surface area (Å²) in [6.07, 6.45) is 0. The molecular weight excluding hydrogens is 130 g/mol. The van der Waals surface area contributed by atoms with Gasteiger partial charge in [-0.05, 0) is 12.1 Å². The van der Waals surface area contributed by atoms with E-state index in [-0.39, 0.29) is 0 Å². The van der Waals surface area contributed by atoms with E-state index in [0.717, 1.165) is 0 Å². The van der Waals surface area contributed by atoms with E-state index in [9.17, 15) is 5.21 Å². The molecule has 0 N–H and O–H groups in total. The van der Waals surface area contributed by atoms with Gasteiger partial charge in [-0.3, -0.25) is 0 Å². The highest BCUT2D eigenvalue weighted by molar-refractivity contribution is 5.20. The van der Waals surface area contributed by atoms with Crippen LogP contribution in [0.25, 0.3) is 0 Å². The van der Waals surface area contributed by atoms with Crippen molar-refractivity contribution in [2.75, 3.05) is 7.05 Å². The standard InChI is InChI=1S/C7H8NO2/c1-8(9)10-7-5-3-2-4-6-7/h2-6H,1H3/q-1. The van der Waals surface area contributed by atoms with Gasteiger partial charge in [0.25, 0.3) is 0 Å². The van der Waals surface area contributed by atoms with E-state index >= 15 is 0 Å². The lowest BCUT2D eigenvalue weighted by Crippen LogP contribution is -2.13. The van der Waals surface area contributed by atoms with Crippen molar-refractivity contribution >= 4 is 0 Å². The van der Waals surface area contributed by atoms with Crippen LogP contribution in [0.5, 0.6) is 5.75 Å². The maximum absolute atomic E-state index is 10.3. The molecule has 0 unspecified atom stereocenters. The zero-order valence-corrected chi connectivity index (χ0v) is 5.65. The topological polar surface area (TPSA) is 35.5 Å². The Bertz CT molecular complexity index is 186. The number of hydrogen-bond acceptors (Lipinski definition) is 3. The van der Waals surface area contributed by atoms with Crippen molar-refractivity contribution < 1.29 is 4.84 Å². The van der Waals surface area contributed by atoms with Crippen molar-refractivity contribution in [3.8, 4) is 5.75 Å². The van der Waals surface area contributed by atoms with Crippen molar-refractivity contribution in [3.05, 3.63) is 35.5 Å². The second-order valence-electron chi connectivity index (χ2n) is 1.84. The van der Waals surface area contributed by atoms with Gasteiger partial charge in [0.1, 0.15) is 5.75 Å². The summed E-state index contributed by atoms with van der Waals surface area (Å²) in [5.74, 6) is 0.556. The van der Waals surface area contributed by atoms with Crippen molar-refractivity contribution in [2.45, 2.75) is 0 Å². The van der Waals surface area contributed by atoms with Crippen LogP contribution >= 0.6 is 0 Å². The Hall–Kier alpha value is -1.06. The Morgan fingerprint density at radius 2 is 1.90 bits per heavy atom. The van der Waals surface area contributed by atoms with Crippen LogP contribution < -0.4 is 4.84 Å². The van der Waals surface area contributed by atoms with Gasteiger partial charge in [0.05, 0.1) is 0 Å². The number of hydroxylamine groups is 2. The molecule has 0 spiro atoms. The van der Waals surface area contributed by atoms with Gasteiger partial charge in [-0.2, -0.15) is 0 Å². The molecule has 3 nitrogen and oxygen atoms in total. The summed E-state index contributed by atoms with van der Waals surface area (Å²) < 4.78 is 0. The van der Waals surface area contributed by atoms with Crippen molar-refractivity contribution in [2.24, 2.45) is 0 Å². The number of para-hydroxylation sites is 1. The summed E-state index contributed by atoms with van der Waals surface area (Å²) >= 11 is 0. The van der Waals surface area contributed by atoms with Gasteiger partial charge >= 0.3 is 0 Å². The van der Waals surface area contributed by atoms with E-state index in [4.69, 9.17) is 4.84 Å². The molecular formula is C7H8NO2-. The number of nitrogens with zero attached hydrogens (tertiary/aromatic N) is 1. The minimum atomic E-state index is 0.412. The summed E-state index contributed by atoms with van der Waals surface area (Å²) in [6.45, 7) is 0. The second-order valence-corrected chi connectivity index (χ2v) is 1.84. The van der Waals surface area contributed by atoms with Crippen LogP contribution in [0.1, 0.15) is 0 Å². The molecule has 0 bridgehead atoms. The molecule has 0 heterocycles. The number of rotatable bonds is 2. The van der Waals surface area contributed by atoms with E-state index in [1.54, 1.807) is 24.3 Å². The average Bonchev–Trinajstić information content (AvgIpc) is 1.88. The minimum absolute atomic E-state index is 0.412. The molecule has 1 rings (SSSR count). The molecule has 10 heavy (non-hydrogen) atoms.